The number of H-pyrrole nitrogens is 1. The highest BCUT2D eigenvalue weighted by Crippen LogP contribution is 2.20. The van der Waals surface area contributed by atoms with E-state index in [9.17, 15) is 4.79 Å². The van der Waals surface area contributed by atoms with Crippen LogP contribution in [0.1, 0.15) is 12.0 Å². The average molecular weight is 325 g/mol. The highest BCUT2D eigenvalue weighted by atomic mass is 32.2. The van der Waals surface area contributed by atoms with Crippen molar-refractivity contribution in [1.82, 2.24) is 10.2 Å². The number of rotatable bonds is 7. The van der Waals surface area contributed by atoms with Crippen LogP contribution < -0.4 is 5.32 Å². The van der Waals surface area contributed by atoms with Gasteiger partial charge < -0.3 is 5.32 Å². The number of fused-ring (bicyclic) bond motifs is 1. The van der Waals surface area contributed by atoms with Crippen LogP contribution in [0.15, 0.2) is 54.7 Å². The average Bonchev–Trinajstić information content (AvgIpc) is 3.05. The van der Waals surface area contributed by atoms with Gasteiger partial charge in [-0.05, 0) is 30.2 Å². The lowest BCUT2D eigenvalue weighted by Gasteiger charge is -2.06. The van der Waals surface area contributed by atoms with Gasteiger partial charge in [0.25, 0.3) is 0 Å². The minimum Gasteiger partial charge on any atom is -0.323 e. The first-order valence-corrected chi connectivity index (χ1v) is 8.82. The molecule has 2 N–H and O–H groups in total. The molecule has 0 unspecified atom stereocenters. The van der Waals surface area contributed by atoms with Crippen molar-refractivity contribution in [3.8, 4) is 0 Å². The van der Waals surface area contributed by atoms with Crippen molar-refractivity contribution in [2.75, 3.05) is 16.8 Å². The Balaban J connectivity index is 1.41. The fourth-order valence-corrected chi connectivity index (χ4v) is 3.20. The van der Waals surface area contributed by atoms with Gasteiger partial charge in [-0.2, -0.15) is 16.9 Å². The largest absolute Gasteiger partial charge is 0.323 e. The molecule has 0 atom stereocenters. The second-order valence-electron chi connectivity index (χ2n) is 5.33. The fourth-order valence-electron chi connectivity index (χ4n) is 2.45. The Morgan fingerprint density at radius 1 is 1.13 bits per heavy atom. The summed E-state index contributed by atoms with van der Waals surface area (Å²) in [5, 5.41) is 10.9. The smallest absolute Gasteiger partial charge is 0.234 e. The molecule has 2 aromatic carbocycles. The molecule has 23 heavy (non-hydrogen) atoms. The summed E-state index contributed by atoms with van der Waals surface area (Å²) in [6, 6.07) is 16.2. The molecule has 0 aliphatic rings. The monoisotopic (exact) mass is 325 g/mol. The number of anilines is 1. The quantitative estimate of drug-likeness (QED) is 0.648. The summed E-state index contributed by atoms with van der Waals surface area (Å²) in [7, 11) is 0. The van der Waals surface area contributed by atoms with E-state index in [1.807, 2.05) is 24.3 Å². The molecule has 3 rings (SSSR count). The minimum absolute atomic E-state index is 0.0248. The number of carbonyl (C=O) groups excluding carboxylic acids is 1. The van der Waals surface area contributed by atoms with Gasteiger partial charge in [-0.1, -0.05) is 42.5 Å². The van der Waals surface area contributed by atoms with Crippen LogP contribution in [0, 0.1) is 0 Å². The van der Waals surface area contributed by atoms with Crippen LogP contribution in [-0.4, -0.2) is 27.6 Å². The Hall–Kier alpha value is -2.27. The number of nitrogens with one attached hydrogen (secondary N) is 2. The third-order valence-electron chi connectivity index (χ3n) is 3.58. The maximum absolute atomic E-state index is 12.0. The number of aromatic nitrogens is 2. The molecule has 3 aromatic rings. The van der Waals surface area contributed by atoms with E-state index in [-0.39, 0.29) is 5.91 Å². The second-order valence-corrected chi connectivity index (χ2v) is 6.43. The number of benzene rings is 2. The van der Waals surface area contributed by atoms with E-state index in [0.717, 1.165) is 35.2 Å². The summed E-state index contributed by atoms with van der Waals surface area (Å²) in [4.78, 5) is 12.0. The highest BCUT2D eigenvalue weighted by Gasteiger charge is 2.07. The number of para-hydroxylation sites is 1. The molecule has 1 heterocycles. The molecule has 0 saturated heterocycles. The molecule has 0 saturated carbocycles. The third kappa shape index (κ3) is 4.36. The van der Waals surface area contributed by atoms with Crippen molar-refractivity contribution in [3.05, 3.63) is 60.3 Å². The number of aryl methyl sites for hydroxylation is 1. The standard InChI is InChI=1S/C18H19N3OS/c22-17(13-23-11-5-8-14-6-2-1-3-7-14)20-16-10-4-9-15-12-19-21-18(15)16/h1-4,6-7,9-10,12H,5,8,11,13H2,(H,19,21)(H,20,22). The molecule has 0 fully saturated rings. The first kappa shape index (κ1) is 15.6. The van der Waals surface area contributed by atoms with Gasteiger partial charge in [-0.3, -0.25) is 9.89 Å². The maximum Gasteiger partial charge on any atom is 0.234 e. The summed E-state index contributed by atoms with van der Waals surface area (Å²) >= 11 is 1.67. The highest BCUT2D eigenvalue weighted by molar-refractivity contribution is 7.99. The van der Waals surface area contributed by atoms with Crippen LogP contribution in [0.25, 0.3) is 10.9 Å². The van der Waals surface area contributed by atoms with Gasteiger partial charge in [-0.15, -0.1) is 0 Å². The molecule has 4 nitrogen and oxygen atoms in total. The zero-order chi connectivity index (χ0) is 15.9. The Bertz CT molecular complexity index is 770. The van der Waals surface area contributed by atoms with Gasteiger partial charge in [0.2, 0.25) is 5.91 Å². The van der Waals surface area contributed by atoms with Gasteiger partial charge in [-0.25, -0.2) is 0 Å². The van der Waals surface area contributed by atoms with Crippen molar-refractivity contribution < 1.29 is 4.79 Å². The van der Waals surface area contributed by atoms with Crippen LogP contribution in [0.4, 0.5) is 5.69 Å². The minimum atomic E-state index is 0.0248. The maximum atomic E-state index is 12.0. The Labute approximate surface area is 139 Å². The van der Waals surface area contributed by atoms with Crippen LogP contribution in [-0.2, 0) is 11.2 Å². The number of hydrogen-bond acceptors (Lipinski definition) is 3. The van der Waals surface area contributed by atoms with E-state index in [2.05, 4.69) is 39.8 Å². The predicted molar refractivity (Wildman–Crippen MR) is 96.8 cm³/mol. The number of nitrogens with zero attached hydrogens (tertiary/aromatic N) is 1. The van der Waals surface area contributed by atoms with E-state index in [0.29, 0.717) is 5.75 Å². The lowest BCUT2D eigenvalue weighted by atomic mass is 10.1. The van der Waals surface area contributed by atoms with Crippen LogP contribution in [0.3, 0.4) is 0 Å². The molecule has 0 aliphatic heterocycles. The van der Waals surface area contributed by atoms with Crippen molar-refractivity contribution >= 4 is 34.3 Å². The lowest BCUT2D eigenvalue weighted by molar-refractivity contribution is -0.113. The second kappa shape index (κ2) is 7.83. The van der Waals surface area contributed by atoms with Crippen LogP contribution in [0.2, 0.25) is 0 Å². The Morgan fingerprint density at radius 3 is 2.87 bits per heavy atom. The van der Waals surface area contributed by atoms with Crippen molar-refractivity contribution in [2.24, 2.45) is 0 Å². The SMILES string of the molecule is O=C(CSCCCc1ccccc1)Nc1cccc2cn[nH]c12. The Kier molecular flexibility index (Phi) is 5.32. The number of amides is 1. The lowest BCUT2D eigenvalue weighted by Crippen LogP contribution is -2.14. The van der Waals surface area contributed by atoms with Crippen LogP contribution >= 0.6 is 11.8 Å². The number of thioether (sulfide) groups is 1. The predicted octanol–water partition coefficient (Wildman–Crippen LogP) is 3.87. The van der Waals surface area contributed by atoms with Gasteiger partial charge in [0.1, 0.15) is 0 Å². The Morgan fingerprint density at radius 2 is 2.00 bits per heavy atom. The summed E-state index contributed by atoms with van der Waals surface area (Å²) in [5.74, 6) is 1.48. The van der Waals surface area contributed by atoms with Gasteiger partial charge in [0.15, 0.2) is 0 Å². The topological polar surface area (TPSA) is 57.8 Å². The molecular weight excluding hydrogens is 306 g/mol. The summed E-state index contributed by atoms with van der Waals surface area (Å²) in [6.07, 6.45) is 3.89. The summed E-state index contributed by atoms with van der Waals surface area (Å²) in [5.41, 5.74) is 3.01. The molecular formula is C18H19N3OS. The molecule has 0 radical (unpaired) electrons. The fraction of sp³-hybridized carbons (Fsp3) is 0.222. The van der Waals surface area contributed by atoms with E-state index in [4.69, 9.17) is 0 Å². The number of aromatic amines is 1. The molecule has 0 bridgehead atoms. The normalized spacial score (nSPS) is 10.8. The van der Waals surface area contributed by atoms with E-state index >= 15 is 0 Å². The van der Waals surface area contributed by atoms with E-state index < -0.39 is 0 Å². The van der Waals surface area contributed by atoms with Crippen molar-refractivity contribution in [3.63, 3.8) is 0 Å². The van der Waals surface area contributed by atoms with Crippen molar-refractivity contribution in [2.45, 2.75) is 12.8 Å². The van der Waals surface area contributed by atoms with Gasteiger partial charge in [0.05, 0.1) is 23.2 Å². The first-order valence-electron chi connectivity index (χ1n) is 7.66. The van der Waals surface area contributed by atoms with E-state index in [1.54, 1.807) is 18.0 Å². The van der Waals surface area contributed by atoms with Gasteiger partial charge in [0, 0.05) is 5.39 Å². The summed E-state index contributed by atoms with van der Waals surface area (Å²) < 4.78 is 0. The first-order chi connectivity index (χ1) is 11.3. The van der Waals surface area contributed by atoms with E-state index in [1.165, 1.54) is 5.56 Å². The zero-order valence-corrected chi connectivity index (χ0v) is 13.6. The summed E-state index contributed by atoms with van der Waals surface area (Å²) in [6.45, 7) is 0. The molecule has 1 amide bonds. The number of carbonyl (C=O) groups is 1. The molecule has 1 aromatic heterocycles. The molecule has 0 aliphatic carbocycles. The zero-order valence-electron chi connectivity index (χ0n) is 12.8. The molecule has 0 spiro atoms. The van der Waals surface area contributed by atoms with Gasteiger partial charge >= 0.3 is 0 Å². The third-order valence-corrected chi connectivity index (χ3v) is 4.62. The van der Waals surface area contributed by atoms with Crippen molar-refractivity contribution in [1.29, 1.82) is 0 Å². The number of hydrogen-bond donors (Lipinski definition) is 2. The molecule has 5 heteroatoms. The van der Waals surface area contributed by atoms with Crippen LogP contribution in [0.5, 0.6) is 0 Å². The molecule has 118 valence electrons.